The summed E-state index contributed by atoms with van der Waals surface area (Å²) in [6, 6.07) is 0.156. The molecule has 2 atom stereocenters. The lowest BCUT2D eigenvalue weighted by Gasteiger charge is -2.30. The molecule has 0 saturated carbocycles. The first-order chi connectivity index (χ1) is 10.2. The maximum Gasteiger partial charge on any atom is 0.329 e. The van der Waals surface area contributed by atoms with Crippen LogP contribution in [0.15, 0.2) is 17.3 Å². The summed E-state index contributed by atoms with van der Waals surface area (Å²) in [4.78, 5) is 24.4. The van der Waals surface area contributed by atoms with Crippen molar-refractivity contribution < 1.29 is 0 Å². The number of nitrogens with zero attached hydrogens (tertiary/aromatic N) is 4. The molecule has 1 saturated heterocycles. The number of fused-ring (bicyclic) bond motifs is 3. The van der Waals surface area contributed by atoms with E-state index < -0.39 is 0 Å². The molecule has 0 spiro atoms. The van der Waals surface area contributed by atoms with Crippen LogP contribution >= 0.6 is 0 Å². The van der Waals surface area contributed by atoms with E-state index in [4.69, 9.17) is 0 Å². The number of pyridine rings is 1. The Morgan fingerprint density at radius 1 is 1.38 bits per heavy atom. The fourth-order valence-electron chi connectivity index (χ4n) is 3.35. The molecule has 0 amide bonds. The van der Waals surface area contributed by atoms with Crippen molar-refractivity contribution in [1.29, 1.82) is 0 Å². The highest BCUT2D eigenvalue weighted by Gasteiger charge is 2.28. The van der Waals surface area contributed by atoms with Gasteiger partial charge in [-0.3, -0.25) is 9.13 Å². The van der Waals surface area contributed by atoms with Crippen molar-refractivity contribution in [2.75, 3.05) is 13.1 Å². The summed E-state index contributed by atoms with van der Waals surface area (Å²) in [5.41, 5.74) is 3.25. The van der Waals surface area contributed by atoms with E-state index in [0.29, 0.717) is 11.6 Å². The van der Waals surface area contributed by atoms with Crippen molar-refractivity contribution in [2.24, 2.45) is 13.0 Å². The van der Waals surface area contributed by atoms with Crippen LogP contribution in [0.25, 0.3) is 22.2 Å². The number of aromatic nitrogens is 5. The largest absolute Gasteiger partial charge is 0.341 e. The van der Waals surface area contributed by atoms with Gasteiger partial charge in [0, 0.05) is 13.6 Å². The minimum absolute atomic E-state index is 0.00875. The molecule has 3 aromatic rings. The lowest BCUT2D eigenvalue weighted by atomic mass is 9.94. The zero-order valence-electron chi connectivity index (χ0n) is 12.1. The molecule has 2 N–H and O–H groups in total. The van der Waals surface area contributed by atoms with E-state index in [1.54, 1.807) is 24.1 Å². The van der Waals surface area contributed by atoms with Gasteiger partial charge >= 0.3 is 5.69 Å². The van der Waals surface area contributed by atoms with Crippen LogP contribution in [0, 0.1) is 5.92 Å². The standard InChI is InChI=1S/C14H18N6O/c1-8-3-4-15-5-9(8)20-12-10(19(2)14(20)21)6-16-13-11(12)17-7-18-13/h6-9,15H,3-5H2,1-2H3,(H,16,17,18)/t8-,9+/m1/s1. The Labute approximate surface area is 121 Å². The summed E-state index contributed by atoms with van der Waals surface area (Å²) in [7, 11) is 1.80. The molecule has 4 heterocycles. The average molecular weight is 286 g/mol. The van der Waals surface area contributed by atoms with E-state index in [9.17, 15) is 4.79 Å². The molecule has 0 unspecified atom stereocenters. The lowest BCUT2D eigenvalue weighted by Crippen LogP contribution is -2.41. The average Bonchev–Trinajstić information content (AvgIpc) is 3.05. The third kappa shape index (κ3) is 1.67. The van der Waals surface area contributed by atoms with E-state index in [1.807, 2.05) is 4.57 Å². The fraction of sp³-hybridized carbons (Fsp3) is 0.500. The molecular weight excluding hydrogens is 268 g/mol. The Hall–Kier alpha value is -2.15. The summed E-state index contributed by atoms with van der Waals surface area (Å²) in [6.45, 7) is 4.04. The van der Waals surface area contributed by atoms with Crippen molar-refractivity contribution >= 4 is 22.2 Å². The minimum atomic E-state index is 0.00875. The molecule has 21 heavy (non-hydrogen) atoms. The number of rotatable bonds is 1. The molecule has 1 aliphatic rings. The maximum absolute atomic E-state index is 12.7. The summed E-state index contributed by atoms with van der Waals surface area (Å²) in [5, 5.41) is 3.40. The highest BCUT2D eigenvalue weighted by atomic mass is 16.1. The Balaban J connectivity index is 2.09. The van der Waals surface area contributed by atoms with Crippen LogP contribution in [0.4, 0.5) is 0 Å². The number of imidazole rings is 2. The Bertz CT molecular complexity index is 873. The molecular formula is C14H18N6O. The number of aryl methyl sites for hydroxylation is 1. The van der Waals surface area contributed by atoms with Crippen LogP contribution in [-0.2, 0) is 7.05 Å². The van der Waals surface area contributed by atoms with Crippen LogP contribution in [0.1, 0.15) is 19.4 Å². The first-order valence-electron chi connectivity index (χ1n) is 7.28. The van der Waals surface area contributed by atoms with Crippen molar-refractivity contribution in [2.45, 2.75) is 19.4 Å². The smallest absolute Gasteiger partial charge is 0.329 e. The van der Waals surface area contributed by atoms with Gasteiger partial charge in [-0.15, -0.1) is 0 Å². The Morgan fingerprint density at radius 2 is 2.24 bits per heavy atom. The van der Waals surface area contributed by atoms with E-state index in [0.717, 1.165) is 36.1 Å². The summed E-state index contributed by atoms with van der Waals surface area (Å²) < 4.78 is 3.58. The van der Waals surface area contributed by atoms with E-state index in [1.165, 1.54) is 0 Å². The SMILES string of the molecule is C[C@@H]1CCNC[C@@H]1n1c(=O)n(C)c2cnc3nc[nH]c3c21. The Kier molecular flexibility index (Phi) is 2.65. The molecule has 3 aromatic heterocycles. The molecule has 0 aliphatic carbocycles. The maximum atomic E-state index is 12.7. The van der Waals surface area contributed by atoms with Gasteiger partial charge in [-0.2, -0.15) is 0 Å². The molecule has 1 aliphatic heterocycles. The third-order valence-corrected chi connectivity index (χ3v) is 4.62. The second-order valence-corrected chi connectivity index (χ2v) is 5.84. The predicted octanol–water partition coefficient (Wildman–Crippen LogP) is 0.782. The van der Waals surface area contributed by atoms with Crippen molar-refractivity contribution in [3.8, 4) is 0 Å². The second kappa shape index (κ2) is 4.42. The van der Waals surface area contributed by atoms with Crippen LogP contribution in [0.3, 0.4) is 0 Å². The third-order valence-electron chi connectivity index (χ3n) is 4.62. The molecule has 0 bridgehead atoms. The predicted molar refractivity (Wildman–Crippen MR) is 80.3 cm³/mol. The number of hydrogen-bond acceptors (Lipinski definition) is 4. The zero-order valence-corrected chi connectivity index (χ0v) is 12.1. The van der Waals surface area contributed by atoms with Gasteiger partial charge in [-0.05, 0) is 18.9 Å². The molecule has 110 valence electrons. The Morgan fingerprint density at radius 3 is 3.05 bits per heavy atom. The summed E-state index contributed by atoms with van der Waals surface area (Å²) >= 11 is 0. The van der Waals surface area contributed by atoms with Gasteiger partial charge in [-0.25, -0.2) is 14.8 Å². The van der Waals surface area contributed by atoms with Gasteiger partial charge in [0.25, 0.3) is 0 Å². The van der Waals surface area contributed by atoms with Gasteiger partial charge in [0.05, 0.1) is 29.6 Å². The van der Waals surface area contributed by atoms with Crippen LogP contribution < -0.4 is 11.0 Å². The van der Waals surface area contributed by atoms with Gasteiger partial charge in [0.1, 0.15) is 5.52 Å². The van der Waals surface area contributed by atoms with Crippen LogP contribution in [-0.4, -0.2) is 37.2 Å². The topological polar surface area (TPSA) is 80.5 Å². The van der Waals surface area contributed by atoms with E-state index in [-0.39, 0.29) is 11.7 Å². The first-order valence-corrected chi connectivity index (χ1v) is 7.28. The molecule has 0 radical (unpaired) electrons. The van der Waals surface area contributed by atoms with Gasteiger partial charge in [0.2, 0.25) is 0 Å². The number of piperidine rings is 1. The number of nitrogens with one attached hydrogen (secondary N) is 2. The molecule has 7 nitrogen and oxygen atoms in total. The quantitative estimate of drug-likeness (QED) is 0.693. The summed E-state index contributed by atoms with van der Waals surface area (Å²) in [5.74, 6) is 0.459. The molecule has 1 fully saturated rings. The minimum Gasteiger partial charge on any atom is -0.341 e. The van der Waals surface area contributed by atoms with Gasteiger partial charge in [-0.1, -0.05) is 6.92 Å². The lowest BCUT2D eigenvalue weighted by molar-refractivity contribution is 0.273. The van der Waals surface area contributed by atoms with Crippen molar-refractivity contribution in [3.05, 3.63) is 23.0 Å². The fourth-order valence-corrected chi connectivity index (χ4v) is 3.35. The summed E-state index contributed by atoms with van der Waals surface area (Å²) in [6.07, 6.45) is 4.43. The van der Waals surface area contributed by atoms with E-state index >= 15 is 0 Å². The number of hydrogen-bond donors (Lipinski definition) is 2. The van der Waals surface area contributed by atoms with Crippen LogP contribution in [0.2, 0.25) is 0 Å². The highest BCUT2D eigenvalue weighted by molar-refractivity contribution is 5.98. The van der Waals surface area contributed by atoms with E-state index in [2.05, 4.69) is 27.2 Å². The van der Waals surface area contributed by atoms with Crippen LogP contribution in [0.5, 0.6) is 0 Å². The zero-order chi connectivity index (χ0) is 14.6. The monoisotopic (exact) mass is 286 g/mol. The number of aromatic amines is 1. The van der Waals surface area contributed by atoms with Gasteiger partial charge in [0.15, 0.2) is 5.65 Å². The second-order valence-electron chi connectivity index (χ2n) is 5.84. The highest BCUT2D eigenvalue weighted by Crippen LogP contribution is 2.28. The van der Waals surface area contributed by atoms with Crippen molar-refractivity contribution in [1.82, 2.24) is 29.4 Å². The normalized spacial score (nSPS) is 23.1. The number of H-pyrrole nitrogens is 1. The molecule has 4 rings (SSSR count). The molecule has 0 aromatic carbocycles. The van der Waals surface area contributed by atoms with Crippen molar-refractivity contribution in [3.63, 3.8) is 0 Å². The molecule has 7 heteroatoms. The van der Waals surface area contributed by atoms with Gasteiger partial charge < -0.3 is 10.3 Å². The first kappa shape index (κ1) is 12.6.